The Hall–Kier alpha value is -2.80. The zero-order valence-corrected chi connectivity index (χ0v) is 21.4. The van der Waals surface area contributed by atoms with E-state index in [1.165, 1.54) is 14.2 Å². The minimum absolute atomic E-state index is 0.00215. The lowest BCUT2D eigenvalue weighted by Gasteiger charge is -2.39. The van der Waals surface area contributed by atoms with Crippen molar-refractivity contribution >= 4 is 11.9 Å². The van der Waals surface area contributed by atoms with E-state index < -0.39 is 42.6 Å². The van der Waals surface area contributed by atoms with Crippen LogP contribution in [0.1, 0.15) is 62.5 Å². The van der Waals surface area contributed by atoms with Crippen molar-refractivity contribution < 1.29 is 59.2 Å². The van der Waals surface area contributed by atoms with Crippen molar-refractivity contribution in [3.05, 3.63) is 11.1 Å². The number of hydrogen-bond donors (Lipinski definition) is 6. The van der Waals surface area contributed by atoms with Gasteiger partial charge in [0.1, 0.15) is 18.3 Å². The van der Waals surface area contributed by atoms with Crippen molar-refractivity contribution in [3.63, 3.8) is 0 Å². The summed E-state index contributed by atoms with van der Waals surface area (Å²) in [5, 5.41) is 59.3. The van der Waals surface area contributed by atoms with Gasteiger partial charge < -0.3 is 49.6 Å². The maximum absolute atomic E-state index is 11.5. The third-order valence-corrected chi connectivity index (χ3v) is 6.48. The lowest BCUT2D eigenvalue weighted by Crippen LogP contribution is -2.61. The smallest absolute Gasteiger partial charge is 0.335 e. The number of unbranched alkanes of at least 4 members (excludes halogenated alkanes) is 6. The van der Waals surface area contributed by atoms with Gasteiger partial charge >= 0.3 is 11.9 Å². The van der Waals surface area contributed by atoms with Crippen LogP contribution in [0.3, 0.4) is 0 Å². The largest absolute Gasteiger partial charge is 0.504 e. The van der Waals surface area contributed by atoms with Crippen LogP contribution in [0, 0.1) is 6.92 Å². The predicted molar refractivity (Wildman–Crippen MR) is 129 cm³/mol. The van der Waals surface area contributed by atoms with E-state index in [0.717, 1.165) is 32.1 Å². The van der Waals surface area contributed by atoms with E-state index in [0.29, 0.717) is 30.4 Å². The molecular weight excluding hydrogens is 492 g/mol. The molecule has 0 amide bonds. The Morgan fingerprint density at radius 1 is 0.811 bits per heavy atom. The molecule has 0 radical (unpaired) electrons. The maximum Gasteiger partial charge on any atom is 0.335 e. The minimum Gasteiger partial charge on any atom is -0.504 e. The van der Waals surface area contributed by atoms with Crippen molar-refractivity contribution in [2.75, 3.05) is 14.2 Å². The molecule has 1 heterocycles. The van der Waals surface area contributed by atoms with Crippen LogP contribution in [-0.2, 0) is 20.7 Å². The Labute approximate surface area is 215 Å². The van der Waals surface area contributed by atoms with Crippen LogP contribution in [0.15, 0.2) is 0 Å². The van der Waals surface area contributed by atoms with Gasteiger partial charge in [0.05, 0.1) is 14.2 Å². The SMILES string of the molecule is COc1c(O)c(C)c(CCCCCCCCCC(=O)O)c(OC2OC(C(=O)O)C(O)C(O)C2O)c1OC. The Kier molecular flexibility index (Phi) is 11.7. The molecule has 1 aromatic rings. The summed E-state index contributed by atoms with van der Waals surface area (Å²) in [5.74, 6) is -2.46. The Balaban J connectivity index is 2.20. The summed E-state index contributed by atoms with van der Waals surface area (Å²) in [7, 11) is 2.65. The number of carboxylic acids is 2. The summed E-state index contributed by atoms with van der Waals surface area (Å²) in [6, 6.07) is 0. The van der Waals surface area contributed by atoms with Gasteiger partial charge in [-0.05, 0) is 26.2 Å². The molecule has 12 nitrogen and oxygen atoms in total. The molecule has 0 saturated carbocycles. The second kappa shape index (κ2) is 14.2. The van der Waals surface area contributed by atoms with Gasteiger partial charge in [-0.15, -0.1) is 0 Å². The molecule has 210 valence electrons. The van der Waals surface area contributed by atoms with E-state index in [4.69, 9.17) is 24.1 Å². The zero-order valence-electron chi connectivity index (χ0n) is 21.4. The average Bonchev–Trinajstić information content (AvgIpc) is 2.85. The monoisotopic (exact) mass is 530 g/mol. The molecule has 12 heteroatoms. The topological polar surface area (TPSA) is 192 Å². The van der Waals surface area contributed by atoms with Crippen molar-refractivity contribution in [2.45, 2.75) is 95.4 Å². The molecule has 0 aromatic heterocycles. The first-order valence-corrected chi connectivity index (χ1v) is 12.3. The second-order valence-corrected chi connectivity index (χ2v) is 9.07. The highest BCUT2D eigenvalue weighted by Gasteiger charge is 2.48. The molecule has 6 N–H and O–H groups in total. The average molecular weight is 531 g/mol. The van der Waals surface area contributed by atoms with Gasteiger partial charge in [0, 0.05) is 17.5 Å². The lowest BCUT2D eigenvalue weighted by molar-refractivity contribution is -0.271. The number of benzene rings is 1. The molecule has 0 bridgehead atoms. The molecule has 1 aromatic carbocycles. The fraction of sp³-hybridized carbons (Fsp3) is 0.680. The molecule has 1 aliphatic heterocycles. The van der Waals surface area contributed by atoms with E-state index >= 15 is 0 Å². The number of phenolic OH excluding ortho intramolecular Hbond substituents is 1. The lowest BCUT2D eigenvalue weighted by atomic mass is 9.97. The number of carboxylic acid groups (broad SMARTS) is 2. The Bertz CT molecular complexity index is 918. The normalized spacial score (nSPS) is 23.5. The minimum atomic E-state index is -1.87. The molecule has 1 saturated heterocycles. The second-order valence-electron chi connectivity index (χ2n) is 9.07. The number of rotatable bonds is 15. The van der Waals surface area contributed by atoms with Gasteiger partial charge in [-0.25, -0.2) is 4.79 Å². The highest BCUT2D eigenvalue weighted by Crippen LogP contribution is 2.50. The molecule has 0 spiro atoms. The van der Waals surface area contributed by atoms with Crippen molar-refractivity contribution in [2.24, 2.45) is 0 Å². The zero-order chi connectivity index (χ0) is 27.7. The van der Waals surface area contributed by atoms with E-state index in [2.05, 4.69) is 0 Å². The van der Waals surface area contributed by atoms with Crippen LogP contribution in [0.5, 0.6) is 23.0 Å². The van der Waals surface area contributed by atoms with Gasteiger partial charge in [0.15, 0.2) is 17.6 Å². The first-order valence-electron chi connectivity index (χ1n) is 12.3. The van der Waals surface area contributed by atoms with Crippen LogP contribution in [0.25, 0.3) is 0 Å². The quantitative estimate of drug-likeness (QED) is 0.180. The summed E-state index contributed by atoms with van der Waals surface area (Å²) in [4.78, 5) is 22.1. The number of aliphatic carboxylic acids is 2. The van der Waals surface area contributed by atoms with Gasteiger partial charge in [0.25, 0.3) is 0 Å². The van der Waals surface area contributed by atoms with Crippen molar-refractivity contribution in [1.29, 1.82) is 0 Å². The summed E-state index contributed by atoms with van der Waals surface area (Å²) >= 11 is 0. The first-order chi connectivity index (χ1) is 17.5. The summed E-state index contributed by atoms with van der Waals surface area (Å²) in [6.07, 6.45) is -2.49. The van der Waals surface area contributed by atoms with Crippen LogP contribution in [0.4, 0.5) is 0 Å². The predicted octanol–water partition coefficient (Wildman–Crippen LogP) is 1.74. The fourth-order valence-electron chi connectivity index (χ4n) is 4.36. The van der Waals surface area contributed by atoms with Gasteiger partial charge in [-0.3, -0.25) is 4.79 Å². The molecular formula is C25H38O12. The Morgan fingerprint density at radius 2 is 1.38 bits per heavy atom. The Morgan fingerprint density at radius 3 is 1.92 bits per heavy atom. The third kappa shape index (κ3) is 7.60. The number of aliphatic hydroxyl groups excluding tert-OH is 3. The number of ether oxygens (including phenoxy) is 4. The maximum atomic E-state index is 11.5. The molecule has 5 atom stereocenters. The number of aliphatic hydroxyl groups is 3. The van der Waals surface area contributed by atoms with E-state index in [9.17, 15) is 35.1 Å². The van der Waals surface area contributed by atoms with E-state index in [1.54, 1.807) is 6.92 Å². The number of hydrogen-bond acceptors (Lipinski definition) is 10. The third-order valence-electron chi connectivity index (χ3n) is 6.48. The highest BCUT2D eigenvalue weighted by molar-refractivity contribution is 5.73. The number of methoxy groups -OCH3 is 2. The standard InChI is InChI=1S/C25H38O12/c1-13-14(11-9-7-5-4-6-8-10-12-15(26)27)20(23(35-3)21(34-2)16(13)28)36-25-19(31)17(29)18(30)22(37-25)24(32)33/h17-19,22,25,28-31H,4-12H2,1-3H3,(H,26,27)(H,32,33). The van der Waals surface area contributed by atoms with E-state index in [-0.39, 0.29) is 29.4 Å². The van der Waals surface area contributed by atoms with Gasteiger partial charge in [0.2, 0.25) is 17.8 Å². The molecule has 37 heavy (non-hydrogen) atoms. The number of carbonyl (C=O) groups is 2. The number of aromatic hydroxyl groups is 1. The molecule has 2 rings (SSSR count). The van der Waals surface area contributed by atoms with Crippen LogP contribution >= 0.6 is 0 Å². The van der Waals surface area contributed by atoms with E-state index in [1.807, 2.05) is 0 Å². The van der Waals surface area contributed by atoms with Gasteiger partial charge in [-0.1, -0.05) is 32.1 Å². The fourth-order valence-corrected chi connectivity index (χ4v) is 4.36. The molecule has 1 aliphatic rings. The number of phenols is 1. The van der Waals surface area contributed by atoms with Crippen LogP contribution in [-0.4, -0.2) is 87.5 Å². The highest BCUT2D eigenvalue weighted by atomic mass is 16.7. The van der Waals surface area contributed by atoms with Crippen LogP contribution in [0.2, 0.25) is 0 Å². The van der Waals surface area contributed by atoms with Crippen molar-refractivity contribution in [1.82, 2.24) is 0 Å². The van der Waals surface area contributed by atoms with Gasteiger partial charge in [-0.2, -0.15) is 0 Å². The molecule has 0 aliphatic carbocycles. The molecule has 1 fully saturated rings. The van der Waals surface area contributed by atoms with Crippen LogP contribution < -0.4 is 14.2 Å². The summed E-state index contributed by atoms with van der Waals surface area (Å²) in [5.41, 5.74) is 0.960. The van der Waals surface area contributed by atoms with Crippen molar-refractivity contribution in [3.8, 4) is 23.0 Å². The summed E-state index contributed by atoms with van der Waals surface area (Å²) < 4.78 is 21.8. The first kappa shape index (κ1) is 30.4. The molecule has 5 unspecified atom stereocenters. The summed E-state index contributed by atoms with van der Waals surface area (Å²) in [6.45, 7) is 1.65.